The Morgan fingerprint density at radius 2 is 1.95 bits per heavy atom. The number of H-pyrrole nitrogens is 1. The van der Waals surface area contributed by atoms with Crippen molar-refractivity contribution in [1.29, 1.82) is 0 Å². The Balaban J connectivity index is 1.62. The highest BCUT2D eigenvalue weighted by Crippen LogP contribution is 2.32. The molecule has 1 aliphatic carbocycles. The number of nitrogens with one attached hydrogen (secondary N) is 1. The molecule has 98 valence electrons. The molecule has 0 bridgehead atoms. The summed E-state index contributed by atoms with van der Waals surface area (Å²) < 4.78 is 0. The summed E-state index contributed by atoms with van der Waals surface area (Å²) in [6.45, 7) is 1.72. The summed E-state index contributed by atoms with van der Waals surface area (Å²) in [5.41, 5.74) is 4.84. The fraction of sp³-hybridized carbons (Fsp3) is 0.467. The number of imidazole rings is 1. The Labute approximate surface area is 111 Å². The summed E-state index contributed by atoms with van der Waals surface area (Å²) in [5.74, 6) is 0.703. The first-order valence-corrected chi connectivity index (χ1v) is 7.05. The Hall–Kier alpha value is -1.84. The third kappa shape index (κ3) is 1.91. The molecule has 1 fully saturated rings. The van der Waals surface area contributed by atoms with Gasteiger partial charge in [-0.15, -0.1) is 0 Å². The molecule has 2 aromatic rings. The molecule has 4 rings (SSSR count). The van der Waals surface area contributed by atoms with Crippen LogP contribution < -0.4 is 0 Å². The number of aromatic amines is 1. The van der Waals surface area contributed by atoms with Crippen molar-refractivity contribution in [2.75, 3.05) is 13.1 Å². The van der Waals surface area contributed by atoms with Crippen LogP contribution in [0.5, 0.6) is 0 Å². The van der Waals surface area contributed by atoms with Crippen LogP contribution in [0, 0.1) is 5.92 Å². The quantitative estimate of drug-likeness (QED) is 0.846. The first-order valence-electron chi connectivity index (χ1n) is 7.05. The number of rotatable bonds is 1. The van der Waals surface area contributed by atoms with Crippen molar-refractivity contribution >= 4 is 16.9 Å². The number of nitrogens with zero attached hydrogens (tertiary/aromatic N) is 2. The van der Waals surface area contributed by atoms with E-state index in [2.05, 4.69) is 27.0 Å². The van der Waals surface area contributed by atoms with Gasteiger partial charge in [0.15, 0.2) is 0 Å². The van der Waals surface area contributed by atoms with Crippen molar-refractivity contribution in [2.24, 2.45) is 5.92 Å². The zero-order chi connectivity index (χ0) is 12.8. The van der Waals surface area contributed by atoms with Crippen molar-refractivity contribution < 1.29 is 4.79 Å². The third-order valence-electron chi connectivity index (χ3n) is 4.28. The fourth-order valence-electron chi connectivity index (χ4n) is 2.97. The highest BCUT2D eigenvalue weighted by atomic mass is 16.2. The second-order valence-electron chi connectivity index (χ2n) is 5.64. The molecule has 2 aliphatic rings. The number of carbonyl (C=O) groups excluding carboxylic acids is 1. The lowest BCUT2D eigenvalue weighted by atomic mass is 10.0. The number of amides is 1. The molecule has 0 radical (unpaired) electrons. The molecule has 1 aromatic heterocycles. The van der Waals surface area contributed by atoms with Gasteiger partial charge in [0.2, 0.25) is 5.91 Å². The number of aromatic nitrogens is 2. The molecule has 1 N–H and O–H groups in total. The van der Waals surface area contributed by atoms with Crippen LogP contribution in [0.4, 0.5) is 0 Å². The maximum atomic E-state index is 12.2. The molecule has 2 heterocycles. The zero-order valence-electron chi connectivity index (χ0n) is 10.9. The van der Waals surface area contributed by atoms with Gasteiger partial charge in [-0.3, -0.25) is 4.79 Å². The summed E-state index contributed by atoms with van der Waals surface area (Å²) in [7, 11) is 0. The van der Waals surface area contributed by atoms with Gasteiger partial charge in [0.05, 0.1) is 17.4 Å². The average Bonchev–Trinajstić information content (AvgIpc) is 3.19. The summed E-state index contributed by atoms with van der Waals surface area (Å²) in [4.78, 5) is 21.7. The van der Waals surface area contributed by atoms with E-state index in [9.17, 15) is 4.79 Å². The summed E-state index contributed by atoms with van der Waals surface area (Å²) >= 11 is 0. The summed E-state index contributed by atoms with van der Waals surface area (Å²) in [6.07, 6.45) is 5.84. The van der Waals surface area contributed by atoms with E-state index in [0.717, 1.165) is 49.8 Å². The largest absolute Gasteiger partial charge is 0.345 e. The predicted octanol–water partition coefficient (Wildman–Crippen LogP) is 1.90. The van der Waals surface area contributed by atoms with Crippen molar-refractivity contribution in [3.05, 3.63) is 29.6 Å². The topological polar surface area (TPSA) is 49.0 Å². The molecule has 0 saturated heterocycles. The normalized spacial score (nSPS) is 19.3. The van der Waals surface area contributed by atoms with Gasteiger partial charge in [-0.1, -0.05) is 0 Å². The minimum absolute atomic E-state index is 0.331. The number of hydrogen-bond acceptors (Lipinski definition) is 2. The van der Waals surface area contributed by atoms with Gasteiger partial charge in [0.25, 0.3) is 0 Å². The molecule has 1 amide bonds. The minimum atomic E-state index is 0.331. The second kappa shape index (κ2) is 4.08. The maximum Gasteiger partial charge on any atom is 0.225 e. The molecule has 0 unspecified atom stereocenters. The molecule has 0 spiro atoms. The number of carbonyl (C=O) groups is 1. The van der Waals surface area contributed by atoms with E-state index >= 15 is 0 Å². The lowest BCUT2D eigenvalue weighted by Crippen LogP contribution is -2.34. The van der Waals surface area contributed by atoms with Gasteiger partial charge in [0.1, 0.15) is 0 Å². The van der Waals surface area contributed by atoms with Gasteiger partial charge in [-0.05, 0) is 48.9 Å². The number of fused-ring (bicyclic) bond motifs is 2. The van der Waals surface area contributed by atoms with Gasteiger partial charge in [-0.2, -0.15) is 0 Å². The van der Waals surface area contributed by atoms with E-state index in [1.807, 2.05) is 0 Å². The Morgan fingerprint density at radius 1 is 1.21 bits per heavy atom. The van der Waals surface area contributed by atoms with Gasteiger partial charge >= 0.3 is 0 Å². The van der Waals surface area contributed by atoms with Crippen LogP contribution in [0.3, 0.4) is 0 Å². The zero-order valence-corrected chi connectivity index (χ0v) is 10.9. The van der Waals surface area contributed by atoms with E-state index < -0.39 is 0 Å². The number of benzene rings is 1. The maximum absolute atomic E-state index is 12.2. The SMILES string of the molecule is O=C(C1CC1)N1CCc2cc3nc[nH]c3cc2CC1. The van der Waals surface area contributed by atoms with Crippen molar-refractivity contribution in [3.8, 4) is 0 Å². The van der Waals surface area contributed by atoms with E-state index in [0.29, 0.717) is 11.8 Å². The Kier molecular flexibility index (Phi) is 2.37. The minimum Gasteiger partial charge on any atom is -0.345 e. The van der Waals surface area contributed by atoms with Crippen LogP contribution >= 0.6 is 0 Å². The van der Waals surface area contributed by atoms with Crippen LogP contribution in [0.1, 0.15) is 24.0 Å². The first-order chi connectivity index (χ1) is 9.31. The van der Waals surface area contributed by atoms with Crippen molar-refractivity contribution in [2.45, 2.75) is 25.7 Å². The number of hydrogen-bond donors (Lipinski definition) is 1. The standard InChI is InChI=1S/C15H17N3O/c19-15(10-1-2-10)18-5-3-11-7-13-14(17-9-16-13)8-12(11)4-6-18/h7-10H,1-6H2,(H,16,17). The molecule has 4 heteroatoms. The Morgan fingerprint density at radius 3 is 2.68 bits per heavy atom. The molecule has 1 saturated carbocycles. The smallest absolute Gasteiger partial charge is 0.225 e. The molecule has 1 aliphatic heterocycles. The molecular weight excluding hydrogens is 238 g/mol. The van der Waals surface area contributed by atoms with E-state index in [1.165, 1.54) is 11.1 Å². The van der Waals surface area contributed by atoms with E-state index in [-0.39, 0.29) is 0 Å². The highest BCUT2D eigenvalue weighted by Gasteiger charge is 2.33. The molecule has 19 heavy (non-hydrogen) atoms. The van der Waals surface area contributed by atoms with E-state index in [4.69, 9.17) is 0 Å². The van der Waals surface area contributed by atoms with Crippen LogP contribution in [-0.4, -0.2) is 33.9 Å². The van der Waals surface area contributed by atoms with Crippen molar-refractivity contribution in [1.82, 2.24) is 14.9 Å². The molecular formula is C15H17N3O. The molecule has 1 aromatic carbocycles. The monoisotopic (exact) mass is 255 g/mol. The molecule has 0 atom stereocenters. The third-order valence-corrected chi connectivity index (χ3v) is 4.28. The summed E-state index contributed by atoms with van der Waals surface area (Å²) in [6, 6.07) is 4.37. The molecule has 4 nitrogen and oxygen atoms in total. The lowest BCUT2D eigenvalue weighted by molar-refractivity contribution is -0.132. The van der Waals surface area contributed by atoms with Crippen LogP contribution in [0.25, 0.3) is 11.0 Å². The lowest BCUT2D eigenvalue weighted by Gasteiger charge is -2.19. The fourth-order valence-corrected chi connectivity index (χ4v) is 2.97. The highest BCUT2D eigenvalue weighted by molar-refractivity contribution is 5.81. The van der Waals surface area contributed by atoms with Crippen LogP contribution in [0.2, 0.25) is 0 Å². The van der Waals surface area contributed by atoms with Gasteiger partial charge in [0, 0.05) is 19.0 Å². The first kappa shape index (κ1) is 11.0. The summed E-state index contributed by atoms with van der Waals surface area (Å²) in [5, 5.41) is 0. The van der Waals surface area contributed by atoms with E-state index in [1.54, 1.807) is 6.33 Å². The Bertz CT molecular complexity index is 600. The average molecular weight is 255 g/mol. The van der Waals surface area contributed by atoms with Gasteiger partial charge in [-0.25, -0.2) is 4.98 Å². The predicted molar refractivity (Wildman–Crippen MR) is 72.8 cm³/mol. The van der Waals surface area contributed by atoms with Crippen LogP contribution in [-0.2, 0) is 17.6 Å². The second-order valence-corrected chi connectivity index (χ2v) is 5.64. The van der Waals surface area contributed by atoms with Crippen molar-refractivity contribution in [3.63, 3.8) is 0 Å². The van der Waals surface area contributed by atoms with Gasteiger partial charge < -0.3 is 9.88 Å². The van der Waals surface area contributed by atoms with Crippen LogP contribution in [0.15, 0.2) is 18.5 Å².